The summed E-state index contributed by atoms with van der Waals surface area (Å²) in [4.78, 5) is 7.29. The molecule has 7 nitrogen and oxygen atoms in total. The predicted octanol–water partition coefficient (Wildman–Crippen LogP) is 0.657. The first-order valence-electron chi connectivity index (χ1n) is 10.00. The van der Waals surface area contributed by atoms with E-state index in [0.717, 1.165) is 78.5 Å². The Morgan fingerprint density at radius 3 is 0.962 bits per heavy atom. The van der Waals surface area contributed by atoms with Crippen molar-refractivity contribution in [2.45, 2.75) is 0 Å². The van der Waals surface area contributed by atoms with Gasteiger partial charge in [-0.1, -0.05) is 0 Å². The van der Waals surface area contributed by atoms with E-state index in [9.17, 15) is 0 Å². The fourth-order valence-corrected chi connectivity index (χ4v) is 11.3. The van der Waals surface area contributed by atoms with Crippen LogP contribution in [0.2, 0.25) is 0 Å². The molecule has 26 heavy (non-hydrogen) atoms. The van der Waals surface area contributed by atoms with E-state index < -0.39 is 6.56 Å². The van der Waals surface area contributed by atoms with Crippen molar-refractivity contribution in [1.82, 2.24) is 33.4 Å². The van der Waals surface area contributed by atoms with Gasteiger partial charge in [-0.15, -0.1) is 0 Å². The van der Waals surface area contributed by atoms with Crippen molar-refractivity contribution in [2.75, 3.05) is 114 Å². The number of likely N-dealkylation sites (N-methyl/N-ethyl adjacent to an activating group) is 3. The van der Waals surface area contributed by atoms with Gasteiger partial charge in [-0.25, -0.2) is 0 Å². The van der Waals surface area contributed by atoms with E-state index in [1.165, 1.54) is 0 Å². The molecule has 0 spiro atoms. The summed E-state index contributed by atoms with van der Waals surface area (Å²) in [5, 5.41) is 0. The molecule has 0 aromatic heterocycles. The molecule has 0 atom stereocenters. The number of hydrogen-bond acceptors (Lipinski definition) is 7. The summed E-state index contributed by atoms with van der Waals surface area (Å²) in [6.45, 7) is 9.84. The molecular weight excluding hydrogens is 369 g/mol. The summed E-state index contributed by atoms with van der Waals surface area (Å²) in [6, 6.07) is 0. The first-order chi connectivity index (χ1) is 12.3. The summed E-state index contributed by atoms with van der Waals surface area (Å²) in [6.07, 6.45) is 0. The molecule has 0 saturated carbocycles. The predicted molar refractivity (Wildman–Crippen MR) is 114 cm³/mol. The number of nitrogens with zero attached hydrogens (tertiary/aromatic N) is 7. The average molecular weight is 408 g/mol. The van der Waals surface area contributed by atoms with Crippen molar-refractivity contribution in [3.8, 4) is 0 Å². The van der Waals surface area contributed by atoms with Gasteiger partial charge in [0.1, 0.15) is 0 Å². The molecule has 0 bridgehead atoms. The SMILES string of the molecule is CN1CCN(P(Cl)(N(C)C)(N2CCN(C)CC2)N2CCN(C)CC2)CC1. The monoisotopic (exact) mass is 407 g/mol. The third-order valence-corrected chi connectivity index (χ3v) is 14.9. The number of halogens is 1. The number of hydrogen-bond donors (Lipinski definition) is 0. The van der Waals surface area contributed by atoms with Crippen LogP contribution in [0.3, 0.4) is 0 Å². The Hall–Kier alpha value is 0.440. The Labute approximate surface area is 165 Å². The van der Waals surface area contributed by atoms with E-state index in [2.05, 4.69) is 68.6 Å². The van der Waals surface area contributed by atoms with Crippen molar-refractivity contribution in [1.29, 1.82) is 0 Å². The molecule has 0 unspecified atom stereocenters. The molecule has 0 N–H and O–H groups in total. The molecule has 0 aromatic carbocycles. The first kappa shape index (κ1) is 21.2. The third-order valence-electron chi connectivity index (χ3n) is 6.59. The summed E-state index contributed by atoms with van der Waals surface area (Å²) >= 11 is 8.09. The van der Waals surface area contributed by atoms with Gasteiger partial charge >= 0.3 is 165 Å². The van der Waals surface area contributed by atoms with Gasteiger partial charge in [0.2, 0.25) is 0 Å². The Kier molecular flexibility index (Phi) is 6.55. The standard InChI is InChI=1S/C17H39ClN7P/c1-19(2)26(18,23-12-6-20(3)7-13-23,24-14-8-21(4)9-15-24)25-16-10-22(5)11-17-25/h6-17H2,1-5H3. The molecule has 3 heterocycles. The van der Waals surface area contributed by atoms with Crippen LogP contribution in [0.1, 0.15) is 0 Å². The van der Waals surface area contributed by atoms with Gasteiger partial charge in [0, 0.05) is 0 Å². The van der Waals surface area contributed by atoms with Crippen LogP contribution in [-0.2, 0) is 0 Å². The maximum absolute atomic E-state index is 8.09. The van der Waals surface area contributed by atoms with E-state index >= 15 is 0 Å². The van der Waals surface area contributed by atoms with Crippen LogP contribution in [0.4, 0.5) is 0 Å². The molecular formula is C17H39ClN7P. The summed E-state index contributed by atoms with van der Waals surface area (Å²) in [5.41, 5.74) is 0. The second-order valence-corrected chi connectivity index (χ2v) is 14.4. The molecule has 9 heteroatoms. The molecule has 3 aliphatic rings. The molecule has 3 rings (SSSR count). The van der Waals surface area contributed by atoms with Crippen LogP contribution in [-0.4, -0.2) is 147 Å². The molecule has 3 aliphatic heterocycles. The van der Waals surface area contributed by atoms with Crippen molar-refractivity contribution in [3.05, 3.63) is 0 Å². The van der Waals surface area contributed by atoms with Crippen molar-refractivity contribution in [2.24, 2.45) is 0 Å². The Morgan fingerprint density at radius 2 is 0.769 bits per heavy atom. The van der Waals surface area contributed by atoms with Crippen molar-refractivity contribution >= 4 is 17.8 Å². The van der Waals surface area contributed by atoms with Crippen LogP contribution < -0.4 is 0 Å². The zero-order chi connectivity index (χ0) is 19.0. The second kappa shape index (κ2) is 8.05. The topological polar surface area (TPSA) is 22.7 Å². The summed E-state index contributed by atoms with van der Waals surface area (Å²) < 4.78 is 10.4. The minimum atomic E-state index is -3.05. The van der Waals surface area contributed by atoms with Gasteiger partial charge in [-0.3, -0.25) is 0 Å². The fourth-order valence-electron chi connectivity index (χ4n) is 4.72. The molecule has 3 saturated heterocycles. The van der Waals surface area contributed by atoms with Crippen molar-refractivity contribution in [3.63, 3.8) is 0 Å². The van der Waals surface area contributed by atoms with Crippen LogP contribution in [0.15, 0.2) is 0 Å². The Balaban J connectivity index is 2.00. The summed E-state index contributed by atoms with van der Waals surface area (Å²) in [7, 11) is 11.1. The van der Waals surface area contributed by atoms with E-state index in [0.29, 0.717) is 0 Å². The Bertz CT molecular complexity index is 412. The van der Waals surface area contributed by atoms with Crippen LogP contribution >= 0.6 is 17.8 Å². The quantitative estimate of drug-likeness (QED) is 0.630. The zero-order valence-electron chi connectivity index (χ0n) is 17.4. The number of piperazine rings is 3. The van der Waals surface area contributed by atoms with E-state index in [4.69, 9.17) is 11.2 Å². The van der Waals surface area contributed by atoms with Gasteiger partial charge in [0.25, 0.3) is 0 Å². The molecule has 0 radical (unpaired) electrons. The molecule has 3 fully saturated rings. The van der Waals surface area contributed by atoms with Gasteiger partial charge < -0.3 is 0 Å². The van der Waals surface area contributed by atoms with Gasteiger partial charge in [-0.05, 0) is 0 Å². The summed E-state index contributed by atoms with van der Waals surface area (Å²) in [5.74, 6) is 0. The van der Waals surface area contributed by atoms with Crippen LogP contribution in [0, 0.1) is 0 Å². The van der Waals surface area contributed by atoms with Crippen LogP contribution in [0.25, 0.3) is 0 Å². The van der Waals surface area contributed by atoms with E-state index in [1.54, 1.807) is 0 Å². The van der Waals surface area contributed by atoms with E-state index in [1.807, 2.05) is 0 Å². The second-order valence-electron chi connectivity index (χ2n) is 8.46. The minimum absolute atomic E-state index is 1.05. The van der Waals surface area contributed by atoms with Crippen LogP contribution in [0.5, 0.6) is 0 Å². The molecule has 154 valence electrons. The maximum atomic E-state index is 8.09. The van der Waals surface area contributed by atoms with Gasteiger partial charge in [-0.2, -0.15) is 0 Å². The molecule has 0 aromatic rings. The normalized spacial score (nSPS) is 29.1. The third kappa shape index (κ3) is 3.44. The Morgan fingerprint density at radius 1 is 0.538 bits per heavy atom. The zero-order valence-corrected chi connectivity index (χ0v) is 19.1. The van der Waals surface area contributed by atoms with Crippen molar-refractivity contribution < 1.29 is 0 Å². The fraction of sp³-hybridized carbons (Fsp3) is 1.00. The number of rotatable bonds is 4. The van der Waals surface area contributed by atoms with E-state index in [-0.39, 0.29) is 0 Å². The molecule has 0 amide bonds. The van der Waals surface area contributed by atoms with Gasteiger partial charge in [0.15, 0.2) is 0 Å². The first-order valence-corrected chi connectivity index (χ1v) is 13.0. The van der Waals surface area contributed by atoms with Gasteiger partial charge in [0.05, 0.1) is 0 Å². The average Bonchev–Trinajstić information content (AvgIpc) is 2.62. The molecule has 0 aliphatic carbocycles.